The quantitative estimate of drug-likeness (QED) is 0.351. The summed E-state index contributed by atoms with van der Waals surface area (Å²) < 4.78 is 10.1. The summed E-state index contributed by atoms with van der Waals surface area (Å²) in [4.78, 5) is 31.8. The molecule has 7 nitrogen and oxygen atoms in total. The molecule has 4 aromatic rings. The summed E-state index contributed by atoms with van der Waals surface area (Å²) >= 11 is 1.55. The molecule has 0 bridgehead atoms. The fourth-order valence-electron chi connectivity index (χ4n) is 2.97. The first-order valence-corrected chi connectivity index (χ1v) is 9.42. The molecule has 0 amide bonds. The van der Waals surface area contributed by atoms with Gasteiger partial charge in [0.15, 0.2) is 5.75 Å². The number of hydrogen-bond acceptors (Lipinski definition) is 6. The number of carbonyl (C=O) groups excluding carboxylic acids is 1. The molecule has 28 heavy (non-hydrogen) atoms. The molecule has 0 aliphatic heterocycles. The molecular formula is C20H17N3O4S. The highest BCUT2D eigenvalue weighted by Gasteiger charge is 2.16. The van der Waals surface area contributed by atoms with E-state index in [0.29, 0.717) is 22.1 Å². The van der Waals surface area contributed by atoms with Crippen molar-refractivity contribution < 1.29 is 14.3 Å². The molecule has 2 aromatic carbocycles. The van der Waals surface area contributed by atoms with Crippen LogP contribution in [0.1, 0.15) is 6.92 Å². The maximum Gasteiger partial charge on any atom is 0.513 e. The van der Waals surface area contributed by atoms with Gasteiger partial charge in [-0.05, 0) is 43.3 Å². The van der Waals surface area contributed by atoms with Gasteiger partial charge in [-0.3, -0.25) is 4.79 Å². The monoisotopic (exact) mass is 395 g/mol. The van der Waals surface area contributed by atoms with Gasteiger partial charge >= 0.3 is 6.16 Å². The number of fused-ring (bicyclic) bond motifs is 3. The van der Waals surface area contributed by atoms with Crippen LogP contribution in [0.2, 0.25) is 0 Å². The zero-order chi connectivity index (χ0) is 19.7. The Morgan fingerprint density at radius 3 is 2.79 bits per heavy atom. The van der Waals surface area contributed by atoms with E-state index in [-0.39, 0.29) is 17.9 Å². The van der Waals surface area contributed by atoms with Gasteiger partial charge in [0.25, 0.3) is 5.56 Å². The fourth-order valence-corrected chi connectivity index (χ4v) is 3.90. The molecule has 4 N–H and O–H groups in total. The average Bonchev–Trinajstić information content (AvgIpc) is 3.07. The van der Waals surface area contributed by atoms with Gasteiger partial charge in [0, 0.05) is 32.6 Å². The molecule has 4 rings (SSSR count). The van der Waals surface area contributed by atoms with Gasteiger partial charge in [-0.15, -0.1) is 0 Å². The van der Waals surface area contributed by atoms with Crippen molar-refractivity contribution in [3.8, 4) is 5.75 Å². The van der Waals surface area contributed by atoms with Gasteiger partial charge in [-0.1, -0.05) is 17.8 Å². The number of carbonyl (C=O) groups is 1. The Bertz CT molecular complexity index is 1250. The van der Waals surface area contributed by atoms with Crippen LogP contribution in [0.15, 0.2) is 63.2 Å². The summed E-state index contributed by atoms with van der Waals surface area (Å²) in [7, 11) is 0. The van der Waals surface area contributed by atoms with Crippen LogP contribution in [0.3, 0.4) is 0 Å². The van der Waals surface area contributed by atoms with Crippen molar-refractivity contribution in [3.63, 3.8) is 0 Å². The number of aromatic nitrogens is 2. The normalized spacial score (nSPS) is 11.0. The van der Waals surface area contributed by atoms with Crippen molar-refractivity contribution in [2.45, 2.75) is 16.7 Å². The highest BCUT2D eigenvalue weighted by atomic mass is 32.2. The lowest BCUT2D eigenvalue weighted by Gasteiger charge is -2.07. The van der Waals surface area contributed by atoms with Gasteiger partial charge in [0.1, 0.15) is 5.52 Å². The van der Waals surface area contributed by atoms with Crippen LogP contribution in [0.4, 0.5) is 10.5 Å². The number of pyridine rings is 1. The minimum absolute atomic E-state index is 0.198. The van der Waals surface area contributed by atoms with Crippen LogP contribution >= 0.6 is 11.8 Å². The van der Waals surface area contributed by atoms with Gasteiger partial charge in [-0.25, -0.2) is 4.79 Å². The van der Waals surface area contributed by atoms with Crippen molar-refractivity contribution in [2.75, 3.05) is 12.3 Å². The Morgan fingerprint density at radius 1 is 1.18 bits per heavy atom. The number of benzene rings is 2. The van der Waals surface area contributed by atoms with Crippen LogP contribution in [0.25, 0.3) is 21.8 Å². The number of ether oxygens (including phenoxy) is 2. The topological polar surface area (TPSA) is 110 Å². The number of nitrogens with two attached hydrogens (primary N) is 1. The molecule has 0 atom stereocenters. The summed E-state index contributed by atoms with van der Waals surface area (Å²) in [5.41, 5.74) is 7.22. The third kappa shape index (κ3) is 3.41. The van der Waals surface area contributed by atoms with E-state index in [2.05, 4.69) is 9.97 Å². The Hall–Kier alpha value is -3.39. The third-order valence-electron chi connectivity index (χ3n) is 4.13. The molecule has 0 saturated carbocycles. The first-order chi connectivity index (χ1) is 13.5. The minimum Gasteiger partial charge on any atom is -0.434 e. The number of nitrogens with one attached hydrogen (secondary N) is 2. The smallest absolute Gasteiger partial charge is 0.434 e. The molecule has 142 valence electrons. The van der Waals surface area contributed by atoms with Crippen molar-refractivity contribution in [1.29, 1.82) is 0 Å². The average molecular weight is 395 g/mol. The molecule has 2 aromatic heterocycles. The summed E-state index contributed by atoms with van der Waals surface area (Å²) in [5.74, 6) is 0.246. The molecule has 0 spiro atoms. The maximum atomic E-state index is 12.4. The van der Waals surface area contributed by atoms with Gasteiger partial charge < -0.3 is 25.2 Å². The zero-order valence-electron chi connectivity index (χ0n) is 14.9. The lowest BCUT2D eigenvalue weighted by Crippen LogP contribution is -2.10. The highest BCUT2D eigenvalue weighted by Crippen LogP contribution is 2.35. The van der Waals surface area contributed by atoms with E-state index >= 15 is 0 Å². The lowest BCUT2D eigenvalue weighted by molar-refractivity contribution is 0.105. The van der Waals surface area contributed by atoms with Crippen LogP contribution in [-0.4, -0.2) is 22.7 Å². The predicted molar refractivity (Wildman–Crippen MR) is 109 cm³/mol. The Balaban J connectivity index is 1.83. The minimum atomic E-state index is -0.817. The number of anilines is 1. The van der Waals surface area contributed by atoms with E-state index in [1.807, 2.05) is 42.5 Å². The van der Waals surface area contributed by atoms with Crippen LogP contribution < -0.4 is 16.0 Å². The van der Waals surface area contributed by atoms with E-state index < -0.39 is 6.16 Å². The molecule has 0 aliphatic carbocycles. The number of H-pyrrole nitrogens is 2. The fraction of sp³-hybridized carbons (Fsp3) is 0.100. The van der Waals surface area contributed by atoms with E-state index in [1.54, 1.807) is 18.7 Å². The zero-order valence-corrected chi connectivity index (χ0v) is 15.8. The molecule has 0 radical (unpaired) electrons. The number of hydrogen-bond donors (Lipinski definition) is 3. The Morgan fingerprint density at radius 2 is 2.00 bits per heavy atom. The second-order valence-electron chi connectivity index (χ2n) is 6.02. The van der Waals surface area contributed by atoms with Gasteiger partial charge in [-0.2, -0.15) is 0 Å². The maximum absolute atomic E-state index is 12.4. The van der Waals surface area contributed by atoms with Crippen molar-refractivity contribution in [2.24, 2.45) is 0 Å². The van der Waals surface area contributed by atoms with E-state index in [4.69, 9.17) is 15.2 Å². The second-order valence-corrected chi connectivity index (χ2v) is 7.17. The Labute approximate surface area is 163 Å². The predicted octanol–water partition coefficient (Wildman–Crippen LogP) is 4.28. The highest BCUT2D eigenvalue weighted by molar-refractivity contribution is 7.99. The van der Waals surface area contributed by atoms with Crippen molar-refractivity contribution in [1.82, 2.24) is 9.97 Å². The third-order valence-corrected chi connectivity index (χ3v) is 5.11. The second kappa shape index (κ2) is 7.32. The van der Waals surface area contributed by atoms with Crippen LogP contribution in [0, 0.1) is 0 Å². The van der Waals surface area contributed by atoms with Crippen LogP contribution in [-0.2, 0) is 4.74 Å². The summed E-state index contributed by atoms with van der Waals surface area (Å²) in [6.07, 6.45) is 0.663. The van der Waals surface area contributed by atoms with Crippen molar-refractivity contribution >= 4 is 45.4 Å². The molecule has 0 unspecified atom stereocenters. The number of rotatable bonds is 4. The van der Waals surface area contributed by atoms with E-state index in [1.165, 1.54) is 6.20 Å². The van der Waals surface area contributed by atoms with Gasteiger partial charge in [0.05, 0.1) is 12.0 Å². The number of nitrogen functional groups attached to an aromatic ring is 1. The Kier molecular flexibility index (Phi) is 4.70. The van der Waals surface area contributed by atoms with E-state index in [0.717, 1.165) is 15.2 Å². The summed E-state index contributed by atoms with van der Waals surface area (Å²) in [5, 5.41) is 1.28. The summed E-state index contributed by atoms with van der Waals surface area (Å²) in [6.45, 7) is 1.89. The van der Waals surface area contributed by atoms with Crippen LogP contribution in [0.5, 0.6) is 5.75 Å². The summed E-state index contributed by atoms with van der Waals surface area (Å²) in [6, 6.07) is 13.3. The largest absolute Gasteiger partial charge is 0.513 e. The first kappa shape index (κ1) is 18.0. The molecule has 8 heteroatoms. The molecule has 0 saturated heterocycles. The molecule has 2 heterocycles. The lowest BCUT2D eigenvalue weighted by atomic mass is 10.1. The van der Waals surface area contributed by atoms with E-state index in [9.17, 15) is 9.59 Å². The molecular weight excluding hydrogens is 378 g/mol. The molecule has 0 aliphatic rings. The standard InChI is InChI=1S/C20H17N3O4S/c1-2-26-20(25)27-16-10-22-18-17(16)14-9-13(6-7-15(14)23-19(18)24)28-12-5-3-4-11(21)8-12/h3-10,22H,2,21H2,1H3,(H,23,24). The number of aromatic amines is 2. The van der Waals surface area contributed by atoms with Crippen molar-refractivity contribution in [3.05, 3.63) is 59.0 Å². The SMILES string of the molecule is CCOC(=O)Oc1c[nH]c2c(=O)[nH]c3ccc(Sc4cccc(N)c4)cc3c12. The molecule has 0 fully saturated rings. The first-order valence-electron chi connectivity index (χ1n) is 8.60. The van der Waals surface area contributed by atoms with Gasteiger partial charge in [0.2, 0.25) is 0 Å².